The van der Waals surface area contributed by atoms with Gasteiger partial charge >= 0.3 is 5.97 Å². The predicted molar refractivity (Wildman–Crippen MR) is 92.0 cm³/mol. The first kappa shape index (κ1) is 19.2. The van der Waals surface area contributed by atoms with Crippen LogP contribution in [0, 0.1) is 6.92 Å². The van der Waals surface area contributed by atoms with E-state index < -0.39 is 40.0 Å². The molecule has 0 saturated carbocycles. The smallest absolute Gasteiger partial charge is 0.347 e. The van der Waals surface area contributed by atoms with E-state index in [1.807, 2.05) is 19.1 Å². The van der Waals surface area contributed by atoms with Crippen LogP contribution in [0.5, 0.6) is 5.75 Å². The maximum atomic E-state index is 12.1. The quantitative estimate of drug-likeness (QED) is 0.751. The number of hydrogen-bond donors (Lipinski definition) is 1. The highest BCUT2D eigenvalue weighted by molar-refractivity contribution is 7.91. The highest BCUT2D eigenvalue weighted by atomic mass is 32.2. The number of hydrogen-bond acceptors (Lipinski definition) is 6. The Hall–Kier alpha value is -2.09. The number of aryl methyl sites for hydroxylation is 1. The molecule has 7 nitrogen and oxygen atoms in total. The van der Waals surface area contributed by atoms with Gasteiger partial charge < -0.3 is 14.8 Å². The lowest BCUT2D eigenvalue weighted by molar-refractivity contribution is -0.161. The van der Waals surface area contributed by atoms with Crippen LogP contribution in [0.15, 0.2) is 24.3 Å². The molecule has 1 aliphatic heterocycles. The van der Waals surface area contributed by atoms with Gasteiger partial charge in [0.05, 0.1) is 11.5 Å². The van der Waals surface area contributed by atoms with Gasteiger partial charge in [0.1, 0.15) is 5.75 Å². The third-order valence-corrected chi connectivity index (χ3v) is 5.64. The van der Waals surface area contributed by atoms with Crippen LogP contribution in [0.2, 0.25) is 0 Å². The van der Waals surface area contributed by atoms with Gasteiger partial charge in [-0.3, -0.25) is 4.79 Å². The minimum atomic E-state index is -3.08. The zero-order chi connectivity index (χ0) is 18.6. The number of benzene rings is 1. The van der Waals surface area contributed by atoms with Crippen molar-refractivity contribution in [1.29, 1.82) is 0 Å². The van der Waals surface area contributed by atoms with Gasteiger partial charge in [-0.05, 0) is 44.9 Å². The van der Waals surface area contributed by atoms with Crippen LogP contribution in [0.25, 0.3) is 0 Å². The van der Waals surface area contributed by atoms with Gasteiger partial charge in [-0.15, -0.1) is 0 Å². The van der Waals surface area contributed by atoms with Crippen molar-refractivity contribution in [2.75, 3.05) is 11.5 Å². The number of sulfone groups is 1. The van der Waals surface area contributed by atoms with Gasteiger partial charge in [0, 0.05) is 6.04 Å². The predicted octanol–water partition coefficient (Wildman–Crippen LogP) is 0.997. The minimum Gasteiger partial charge on any atom is -0.479 e. The minimum absolute atomic E-state index is 0.0630. The van der Waals surface area contributed by atoms with Crippen molar-refractivity contribution in [3.63, 3.8) is 0 Å². The molecule has 1 saturated heterocycles. The van der Waals surface area contributed by atoms with Crippen LogP contribution in [-0.4, -0.2) is 50.0 Å². The number of carbonyl (C=O) groups excluding carboxylic acids is 2. The van der Waals surface area contributed by atoms with Gasteiger partial charge in [-0.1, -0.05) is 12.1 Å². The van der Waals surface area contributed by atoms with Crippen LogP contribution in [-0.2, 0) is 24.2 Å². The average molecular weight is 369 g/mol. The van der Waals surface area contributed by atoms with Gasteiger partial charge in [0.2, 0.25) is 0 Å². The Bertz CT molecular complexity index is 745. The molecule has 0 aliphatic carbocycles. The second kappa shape index (κ2) is 7.86. The monoisotopic (exact) mass is 369 g/mol. The van der Waals surface area contributed by atoms with E-state index >= 15 is 0 Å². The second-order valence-corrected chi connectivity index (χ2v) is 8.49. The van der Waals surface area contributed by atoms with E-state index in [0.717, 1.165) is 5.56 Å². The Morgan fingerprint density at radius 1 is 1.24 bits per heavy atom. The summed E-state index contributed by atoms with van der Waals surface area (Å²) in [4.78, 5) is 24.1. The van der Waals surface area contributed by atoms with Crippen molar-refractivity contribution in [3.05, 3.63) is 29.8 Å². The molecule has 2 rings (SSSR count). The first-order valence-corrected chi connectivity index (χ1v) is 9.93. The molecule has 0 spiro atoms. The number of carbonyl (C=O) groups is 2. The Balaban J connectivity index is 1.83. The van der Waals surface area contributed by atoms with E-state index in [2.05, 4.69) is 5.32 Å². The molecule has 1 aromatic rings. The van der Waals surface area contributed by atoms with Crippen LogP contribution in [0.3, 0.4) is 0 Å². The molecular weight excluding hydrogens is 346 g/mol. The lowest BCUT2D eigenvalue weighted by Gasteiger charge is -2.19. The Morgan fingerprint density at radius 3 is 2.56 bits per heavy atom. The standard InChI is InChI=1S/C17H23NO6S/c1-11-5-4-6-15(9-11)23-13(3)17(20)24-12(2)16(19)18-14-7-8-25(21,22)10-14/h4-6,9,12-14H,7-8,10H2,1-3H3,(H,18,19)/t12-,13+,14-/m1/s1. The molecule has 1 heterocycles. The third-order valence-electron chi connectivity index (χ3n) is 3.88. The average Bonchev–Trinajstić information content (AvgIpc) is 2.85. The van der Waals surface area contributed by atoms with E-state index in [9.17, 15) is 18.0 Å². The van der Waals surface area contributed by atoms with Crippen molar-refractivity contribution < 1.29 is 27.5 Å². The van der Waals surface area contributed by atoms with Crippen LogP contribution < -0.4 is 10.1 Å². The maximum absolute atomic E-state index is 12.1. The van der Waals surface area contributed by atoms with Crippen molar-refractivity contribution in [2.24, 2.45) is 0 Å². The zero-order valence-corrected chi connectivity index (χ0v) is 15.3. The molecule has 1 N–H and O–H groups in total. The molecular formula is C17H23NO6S. The Kier molecular flexibility index (Phi) is 6.05. The normalized spacial score (nSPS) is 21.2. The molecule has 8 heteroatoms. The summed E-state index contributed by atoms with van der Waals surface area (Å²) < 4.78 is 33.4. The summed E-state index contributed by atoms with van der Waals surface area (Å²) in [6, 6.07) is 6.81. The topological polar surface area (TPSA) is 98.8 Å². The van der Waals surface area contributed by atoms with E-state index in [-0.39, 0.29) is 11.5 Å². The second-order valence-electron chi connectivity index (χ2n) is 6.26. The fraction of sp³-hybridized carbons (Fsp3) is 0.529. The van der Waals surface area contributed by atoms with Gasteiger partial charge in [-0.25, -0.2) is 13.2 Å². The van der Waals surface area contributed by atoms with Gasteiger partial charge in [-0.2, -0.15) is 0 Å². The molecule has 1 fully saturated rings. The highest BCUT2D eigenvalue weighted by Gasteiger charge is 2.31. The summed E-state index contributed by atoms with van der Waals surface area (Å²) in [6.45, 7) is 4.89. The molecule has 138 valence electrons. The molecule has 0 aromatic heterocycles. The van der Waals surface area contributed by atoms with Crippen LogP contribution in [0.4, 0.5) is 0 Å². The summed E-state index contributed by atoms with van der Waals surface area (Å²) in [5, 5.41) is 2.60. The van der Waals surface area contributed by atoms with Gasteiger partial charge in [0.15, 0.2) is 22.0 Å². The van der Waals surface area contributed by atoms with Crippen molar-refractivity contribution >= 4 is 21.7 Å². The molecule has 25 heavy (non-hydrogen) atoms. The first-order valence-electron chi connectivity index (χ1n) is 8.11. The number of ether oxygens (including phenoxy) is 2. The van der Waals surface area contributed by atoms with E-state index in [4.69, 9.17) is 9.47 Å². The number of rotatable bonds is 6. The first-order chi connectivity index (χ1) is 11.7. The van der Waals surface area contributed by atoms with E-state index in [1.165, 1.54) is 6.92 Å². The van der Waals surface area contributed by atoms with Gasteiger partial charge in [0.25, 0.3) is 5.91 Å². The Morgan fingerprint density at radius 2 is 1.96 bits per heavy atom. The largest absolute Gasteiger partial charge is 0.479 e. The molecule has 0 radical (unpaired) electrons. The molecule has 1 amide bonds. The summed E-state index contributed by atoms with van der Waals surface area (Å²) in [5.41, 5.74) is 0.998. The van der Waals surface area contributed by atoms with Crippen molar-refractivity contribution in [1.82, 2.24) is 5.32 Å². The van der Waals surface area contributed by atoms with Crippen molar-refractivity contribution in [2.45, 2.75) is 45.4 Å². The maximum Gasteiger partial charge on any atom is 0.347 e. The SMILES string of the molecule is Cc1cccc(O[C@@H](C)C(=O)O[C@H](C)C(=O)N[C@@H]2CCS(=O)(=O)C2)c1. The summed E-state index contributed by atoms with van der Waals surface area (Å²) >= 11 is 0. The fourth-order valence-corrected chi connectivity index (χ4v) is 4.17. The lowest BCUT2D eigenvalue weighted by Crippen LogP contribution is -2.43. The molecule has 1 aliphatic rings. The number of nitrogens with one attached hydrogen (secondary N) is 1. The summed E-state index contributed by atoms with van der Waals surface area (Å²) in [6.07, 6.45) is -1.52. The molecule has 3 atom stereocenters. The summed E-state index contributed by atoms with van der Waals surface area (Å²) in [7, 11) is -3.08. The van der Waals surface area contributed by atoms with Crippen molar-refractivity contribution in [3.8, 4) is 5.75 Å². The third kappa shape index (κ3) is 5.74. The summed E-state index contributed by atoms with van der Waals surface area (Å²) in [5.74, 6) is -0.654. The Labute approximate surface area is 147 Å². The zero-order valence-electron chi connectivity index (χ0n) is 14.5. The highest BCUT2D eigenvalue weighted by Crippen LogP contribution is 2.15. The van der Waals surface area contributed by atoms with E-state index in [0.29, 0.717) is 12.2 Å². The van der Waals surface area contributed by atoms with Crippen LogP contribution >= 0.6 is 0 Å². The molecule has 1 aromatic carbocycles. The molecule has 0 bridgehead atoms. The van der Waals surface area contributed by atoms with E-state index in [1.54, 1.807) is 19.1 Å². The molecule has 0 unspecified atom stereocenters. The number of esters is 1. The lowest BCUT2D eigenvalue weighted by atomic mass is 10.2. The number of amides is 1. The fourth-order valence-electron chi connectivity index (χ4n) is 2.49. The van der Waals surface area contributed by atoms with Crippen LogP contribution in [0.1, 0.15) is 25.8 Å².